The van der Waals surface area contributed by atoms with Crippen LogP contribution in [0.1, 0.15) is 48.9 Å². The minimum Gasteiger partial charge on any atom is -0.497 e. The van der Waals surface area contributed by atoms with Gasteiger partial charge >= 0.3 is 12.0 Å². The van der Waals surface area contributed by atoms with Crippen molar-refractivity contribution in [3.05, 3.63) is 120 Å². The van der Waals surface area contributed by atoms with Gasteiger partial charge in [-0.15, -0.1) is 0 Å². The molecular formula is C51H64N10O8. The number of carbonyl (C=O) groups is 3. The number of aromatic nitrogens is 4. The molecule has 3 N–H and O–H groups in total. The van der Waals surface area contributed by atoms with Crippen molar-refractivity contribution in [2.24, 2.45) is 11.8 Å². The minimum atomic E-state index is -0.250. The van der Waals surface area contributed by atoms with E-state index in [2.05, 4.69) is 74.8 Å². The molecule has 6 aromatic rings. The Morgan fingerprint density at radius 2 is 0.957 bits per heavy atom. The summed E-state index contributed by atoms with van der Waals surface area (Å²) in [5, 5.41) is 21.4. The molecule has 0 saturated carbocycles. The van der Waals surface area contributed by atoms with Gasteiger partial charge in [0.05, 0.1) is 26.3 Å². The van der Waals surface area contributed by atoms with Crippen molar-refractivity contribution in [3.63, 3.8) is 0 Å². The summed E-state index contributed by atoms with van der Waals surface area (Å²) in [6.45, 7) is 3.75. The zero-order valence-electron chi connectivity index (χ0n) is 40.2. The summed E-state index contributed by atoms with van der Waals surface area (Å²) in [5.41, 5.74) is 4.13. The van der Waals surface area contributed by atoms with Crippen LogP contribution in [0, 0.1) is 11.8 Å². The first-order chi connectivity index (χ1) is 33.5. The molecule has 18 nitrogen and oxygen atoms in total. The zero-order chi connectivity index (χ0) is 49.1. The quantitative estimate of drug-likeness (QED) is 0.0891. The molecule has 2 amide bonds. The third-order valence-electron chi connectivity index (χ3n) is 12.4. The van der Waals surface area contributed by atoms with Crippen LogP contribution >= 0.6 is 0 Å². The van der Waals surface area contributed by atoms with Crippen LogP contribution < -0.4 is 29.9 Å². The average molecular weight is 945 g/mol. The summed E-state index contributed by atoms with van der Waals surface area (Å²) in [6, 6.07) is 36.9. The van der Waals surface area contributed by atoms with E-state index in [4.69, 9.17) is 28.4 Å². The highest BCUT2D eigenvalue weighted by atomic mass is 16.5. The van der Waals surface area contributed by atoms with E-state index in [1.165, 1.54) is 11.1 Å². The zero-order valence-corrected chi connectivity index (χ0v) is 40.2. The first-order valence-electron chi connectivity index (χ1n) is 23.0. The average Bonchev–Trinajstić information content (AvgIpc) is 4.10. The number of amides is 2. The number of hydrogen-bond acceptors (Lipinski definition) is 15. The number of nitrogens with zero attached hydrogens (tertiary/aromatic N) is 8. The van der Waals surface area contributed by atoms with E-state index in [1.54, 1.807) is 14.2 Å². The Morgan fingerprint density at radius 1 is 0.623 bits per heavy atom. The van der Waals surface area contributed by atoms with E-state index in [0.717, 1.165) is 48.3 Å². The normalized spacial score (nSPS) is 15.0. The summed E-state index contributed by atoms with van der Waals surface area (Å²) >= 11 is 0. The summed E-state index contributed by atoms with van der Waals surface area (Å²) in [4.78, 5) is 51.5. The fraction of sp³-hybridized carbons (Fsp3) is 0.392. The van der Waals surface area contributed by atoms with E-state index >= 15 is 0 Å². The van der Waals surface area contributed by atoms with Gasteiger partial charge in [-0.05, 0) is 114 Å². The van der Waals surface area contributed by atoms with Crippen molar-refractivity contribution in [2.45, 2.75) is 37.8 Å². The summed E-state index contributed by atoms with van der Waals surface area (Å²) in [5.74, 6) is 2.86. The largest absolute Gasteiger partial charge is 0.497 e. The molecule has 2 atom stereocenters. The topological polar surface area (TPSA) is 205 Å². The van der Waals surface area contributed by atoms with Crippen LogP contribution in [0.3, 0.4) is 0 Å². The molecule has 69 heavy (non-hydrogen) atoms. The fourth-order valence-electron chi connectivity index (χ4n) is 8.30. The lowest BCUT2D eigenvalue weighted by molar-refractivity contribution is -0.126. The molecule has 0 radical (unpaired) electrons. The SMILES string of the molecule is COc1ccc(-c2noc(N3CCC(C(=O)NCC(c4ccccc4)N(C)C)CC3)n2)cc1.COc1ccc(-c2noc(N3CCC(C(=O)NCC(c4ccccc4)N(C)C)CC3)n2)cc1.O=CO. The van der Waals surface area contributed by atoms with Crippen LogP contribution in [0.25, 0.3) is 22.8 Å². The molecule has 4 aromatic carbocycles. The van der Waals surface area contributed by atoms with Gasteiger partial charge in [-0.2, -0.15) is 9.97 Å². The number of piperidine rings is 2. The molecule has 2 saturated heterocycles. The number of carbonyl (C=O) groups excluding carboxylic acids is 2. The maximum Gasteiger partial charge on any atom is 0.324 e. The van der Waals surface area contributed by atoms with Gasteiger partial charge in [-0.1, -0.05) is 71.0 Å². The number of methoxy groups -OCH3 is 2. The number of carboxylic acid groups (broad SMARTS) is 1. The highest BCUT2D eigenvalue weighted by molar-refractivity contribution is 5.79. The van der Waals surface area contributed by atoms with Crippen LogP contribution in [-0.4, -0.2) is 135 Å². The lowest BCUT2D eigenvalue weighted by Crippen LogP contribution is -2.42. The monoisotopic (exact) mass is 944 g/mol. The second-order valence-electron chi connectivity index (χ2n) is 17.2. The Morgan fingerprint density at radius 3 is 1.26 bits per heavy atom. The third kappa shape index (κ3) is 14.4. The van der Waals surface area contributed by atoms with Gasteiger partial charge in [0.2, 0.25) is 23.5 Å². The van der Waals surface area contributed by atoms with Gasteiger partial charge in [-0.25, -0.2) is 0 Å². The first-order valence-corrected chi connectivity index (χ1v) is 23.0. The van der Waals surface area contributed by atoms with Crippen molar-refractivity contribution in [1.82, 2.24) is 40.7 Å². The number of anilines is 2. The van der Waals surface area contributed by atoms with Gasteiger partial charge in [-0.3, -0.25) is 14.4 Å². The summed E-state index contributed by atoms with van der Waals surface area (Å²) < 4.78 is 21.4. The van der Waals surface area contributed by atoms with Crippen LogP contribution in [-0.2, 0) is 14.4 Å². The van der Waals surface area contributed by atoms with Gasteiger partial charge in [0.15, 0.2) is 0 Å². The smallest absolute Gasteiger partial charge is 0.324 e. The molecule has 0 spiro atoms. The van der Waals surface area contributed by atoms with Gasteiger partial charge in [0.25, 0.3) is 6.47 Å². The van der Waals surface area contributed by atoms with E-state index < -0.39 is 0 Å². The number of likely N-dealkylation sites (N-methyl/N-ethyl adjacent to an activating group) is 2. The van der Waals surface area contributed by atoms with Gasteiger partial charge in [0, 0.05) is 62.2 Å². The molecular weight excluding hydrogens is 881 g/mol. The molecule has 18 heteroatoms. The highest BCUT2D eigenvalue weighted by Crippen LogP contribution is 2.28. The number of nitrogens with one attached hydrogen (secondary N) is 2. The molecule has 366 valence electrons. The van der Waals surface area contributed by atoms with Crippen LogP contribution in [0.2, 0.25) is 0 Å². The highest BCUT2D eigenvalue weighted by Gasteiger charge is 2.30. The Bertz CT molecular complexity index is 2280. The maximum absolute atomic E-state index is 12.8. The van der Waals surface area contributed by atoms with Crippen molar-refractivity contribution in [3.8, 4) is 34.3 Å². The lowest BCUT2D eigenvalue weighted by atomic mass is 9.96. The number of rotatable bonds is 16. The van der Waals surface area contributed by atoms with Crippen molar-refractivity contribution in [2.75, 3.05) is 91.5 Å². The van der Waals surface area contributed by atoms with E-state index in [9.17, 15) is 9.59 Å². The van der Waals surface area contributed by atoms with E-state index in [1.807, 2.05) is 113 Å². The molecule has 0 aliphatic carbocycles. The summed E-state index contributed by atoms with van der Waals surface area (Å²) in [7, 11) is 11.4. The predicted molar refractivity (Wildman–Crippen MR) is 263 cm³/mol. The predicted octanol–water partition coefficient (Wildman–Crippen LogP) is 6.46. The minimum absolute atomic E-state index is 0.0104. The van der Waals surface area contributed by atoms with Crippen molar-refractivity contribution in [1.29, 1.82) is 0 Å². The standard InChI is InChI=1S/2C25H31N5O3.CH2O2/c2*1-29(2)22(18-7-5-4-6-8-18)17-26-24(31)20-13-15-30(16-14-20)25-27-23(28-33-25)19-9-11-21(32-3)12-10-19;2-1-3/h2*4-12,20,22H,13-17H2,1-3H3,(H,26,31);1H,(H,2,3). The van der Waals surface area contributed by atoms with Crippen molar-refractivity contribution < 1.29 is 38.0 Å². The molecule has 2 aliphatic rings. The Kier molecular flexibility index (Phi) is 19.0. The summed E-state index contributed by atoms with van der Waals surface area (Å²) in [6.07, 6.45) is 3.02. The maximum atomic E-state index is 12.8. The van der Waals surface area contributed by atoms with E-state index in [-0.39, 0.29) is 42.2 Å². The van der Waals surface area contributed by atoms with E-state index in [0.29, 0.717) is 62.9 Å². The second-order valence-corrected chi connectivity index (χ2v) is 17.2. The molecule has 2 aromatic heterocycles. The lowest BCUT2D eigenvalue weighted by Gasteiger charge is -2.31. The number of ether oxygens (including phenoxy) is 2. The molecule has 8 rings (SSSR count). The van der Waals surface area contributed by atoms with Crippen LogP contribution in [0.5, 0.6) is 11.5 Å². The fourth-order valence-corrected chi connectivity index (χ4v) is 8.30. The molecule has 2 fully saturated rings. The van der Waals surface area contributed by atoms with Gasteiger partial charge in [0.1, 0.15) is 11.5 Å². The Labute approximate surface area is 403 Å². The Hall–Kier alpha value is -7.31. The molecule has 2 unspecified atom stereocenters. The Balaban J connectivity index is 0.000000215. The second kappa shape index (κ2) is 25.7. The van der Waals surface area contributed by atoms with Crippen molar-refractivity contribution >= 4 is 30.3 Å². The van der Waals surface area contributed by atoms with Crippen LogP contribution in [0.4, 0.5) is 12.0 Å². The number of benzene rings is 4. The third-order valence-corrected chi connectivity index (χ3v) is 12.4. The van der Waals surface area contributed by atoms with Crippen LogP contribution in [0.15, 0.2) is 118 Å². The number of hydrogen-bond donors (Lipinski definition) is 3. The van der Waals surface area contributed by atoms with Gasteiger partial charge < -0.3 is 53.9 Å². The molecule has 4 heterocycles. The molecule has 2 aliphatic heterocycles. The molecule has 0 bridgehead atoms. The first kappa shape index (κ1) is 51.1.